The number of hydrogen-bond acceptors (Lipinski definition) is 4. The van der Waals surface area contributed by atoms with Gasteiger partial charge in [0.2, 0.25) is 0 Å². The highest BCUT2D eigenvalue weighted by atomic mass is 35.5. The first kappa shape index (κ1) is 25.6. The average Bonchev–Trinajstić information content (AvgIpc) is 2.81. The van der Waals surface area contributed by atoms with E-state index in [9.17, 15) is 19.1 Å². The number of nitrogens with zero attached hydrogens (tertiary/aromatic N) is 1. The van der Waals surface area contributed by atoms with E-state index in [1.54, 1.807) is 4.90 Å². The van der Waals surface area contributed by atoms with Crippen molar-refractivity contribution in [3.63, 3.8) is 0 Å². The third-order valence-electron chi connectivity index (χ3n) is 8.38. The molecule has 5 rings (SSSR count). The number of amides is 3. The molecule has 10 heteroatoms. The van der Waals surface area contributed by atoms with Crippen LogP contribution in [0.3, 0.4) is 0 Å². The Morgan fingerprint density at radius 2 is 1.86 bits per heavy atom. The highest BCUT2D eigenvalue weighted by Gasteiger charge is 2.55. The number of carbonyl (C=O) groups is 2. The molecular weight excluding hydrogens is 473 g/mol. The molecule has 7 N–H and O–H groups in total. The van der Waals surface area contributed by atoms with E-state index in [1.165, 1.54) is 12.1 Å². The Labute approximate surface area is 209 Å². The van der Waals surface area contributed by atoms with Gasteiger partial charge >= 0.3 is 6.03 Å². The Kier molecular flexibility index (Phi) is 6.72. The third-order valence-corrected chi connectivity index (χ3v) is 8.67. The van der Waals surface area contributed by atoms with Crippen LogP contribution in [0.2, 0.25) is 5.02 Å². The highest BCUT2D eigenvalue weighted by molar-refractivity contribution is 6.32. The van der Waals surface area contributed by atoms with Crippen molar-refractivity contribution >= 4 is 29.3 Å². The quantitative estimate of drug-likeness (QED) is 0.309. The number of primary amides is 1. The van der Waals surface area contributed by atoms with E-state index in [0.29, 0.717) is 18.8 Å². The fourth-order valence-corrected chi connectivity index (χ4v) is 6.11. The van der Waals surface area contributed by atoms with E-state index in [4.69, 9.17) is 22.7 Å². The molecule has 1 heterocycles. The normalized spacial score (nSPS) is 28.0. The lowest BCUT2D eigenvalue weighted by Gasteiger charge is -2.58. The van der Waals surface area contributed by atoms with Crippen molar-refractivity contribution in [2.45, 2.75) is 63.5 Å². The molecule has 8 nitrogen and oxygen atoms in total. The molecule has 1 aromatic carbocycles. The monoisotopic (exact) mass is 506 g/mol. The van der Waals surface area contributed by atoms with E-state index in [2.05, 4.69) is 5.32 Å². The number of rotatable bonds is 5. The number of fused-ring (bicyclic) bond motifs is 3. The minimum atomic E-state index is -0.787. The zero-order valence-electron chi connectivity index (χ0n) is 20.2. The number of aliphatic hydroxyl groups is 1. The van der Waals surface area contributed by atoms with Gasteiger partial charge in [-0.05, 0) is 76.0 Å². The van der Waals surface area contributed by atoms with Crippen molar-refractivity contribution in [1.82, 2.24) is 10.2 Å². The van der Waals surface area contributed by atoms with Crippen LogP contribution in [0.25, 0.3) is 0 Å². The first-order chi connectivity index (χ1) is 16.4. The van der Waals surface area contributed by atoms with Gasteiger partial charge in [-0.2, -0.15) is 0 Å². The number of piperazine rings is 1. The summed E-state index contributed by atoms with van der Waals surface area (Å²) in [4.78, 5) is 27.3. The molecule has 1 saturated heterocycles. The van der Waals surface area contributed by atoms with Crippen molar-refractivity contribution in [2.24, 2.45) is 11.1 Å². The molecule has 2 bridgehead atoms. The molecule has 0 radical (unpaired) electrons. The Morgan fingerprint density at radius 1 is 1.23 bits per heavy atom. The van der Waals surface area contributed by atoms with Crippen LogP contribution in [0.5, 0.6) is 0 Å². The molecule has 35 heavy (non-hydrogen) atoms. The first-order valence-corrected chi connectivity index (χ1v) is 12.4. The molecule has 190 valence electrons. The molecular formula is C25H34ClFN5O3+. The van der Waals surface area contributed by atoms with Gasteiger partial charge in [0.1, 0.15) is 17.1 Å². The van der Waals surface area contributed by atoms with Crippen molar-refractivity contribution in [2.75, 3.05) is 19.6 Å². The van der Waals surface area contributed by atoms with Crippen LogP contribution in [0.4, 0.5) is 9.18 Å². The van der Waals surface area contributed by atoms with E-state index >= 15 is 0 Å². The predicted molar refractivity (Wildman–Crippen MR) is 131 cm³/mol. The predicted octanol–water partition coefficient (Wildman–Crippen LogP) is 2.04. The van der Waals surface area contributed by atoms with Crippen molar-refractivity contribution in [1.29, 1.82) is 5.41 Å². The van der Waals surface area contributed by atoms with Gasteiger partial charge < -0.3 is 26.4 Å². The van der Waals surface area contributed by atoms with Gasteiger partial charge in [0.15, 0.2) is 0 Å². The summed E-state index contributed by atoms with van der Waals surface area (Å²) < 4.78 is 13.6. The summed E-state index contributed by atoms with van der Waals surface area (Å²) in [5.41, 5.74) is 5.13. The maximum atomic E-state index is 13.6. The van der Waals surface area contributed by atoms with Gasteiger partial charge in [0.25, 0.3) is 5.91 Å². The number of nitrogens with two attached hydrogens (primary N) is 2. The molecule has 0 spiro atoms. The van der Waals surface area contributed by atoms with Crippen LogP contribution in [-0.4, -0.2) is 58.4 Å². The molecule has 3 aliphatic carbocycles. The highest BCUT2D eigenvalue weighted by Crippen LogP contribution is 2.57. The smallest absolute Gasteiger partial charge is 0.318 e. The summed E-state index contributed by atoms with van der Waals surface area (Å²) in [6.45, 7) is 4.92. The Hall–Kier alpha value is -2.49. The number of benzene rings is 1. The van der Waals surface area contributed by atoms with Crippen molar-refractivity contribution in [3.8, 4) is 0 Å². The molecule has 1 aromatic rings. The Morgan fingerprint density at radius 3 is 2.40 bits per heavy atom. The lowest BCUT2D eigenvalue weighted by atomic mass is 9.52. The molecule has 3 amide bonds. The summed E-state index contributed by atoms with van der Waals surface area (Å²) in [6, 6.07) is 3.60. The minimum absolute atomic E-state index is 0.00590. The summed E-state index contributed by atoms with van der Waals surface area (Å²) in [7, 11) is 0. The lowest BCUT2D eigenvalue weighted by Crippen LogP contribution is -2.88. The summed E-state index contributed by atoms with van der Waals surface area (Å²) in [6.07, 6.45) is 5.10. The number of nitrogens with one attached hydrogen (secondary N) is 2. The van der Waals surface area contributed by atoms with Crippen LogP contribution >= 0.6 is 11.6 Å². The number of carbonyl (C=O) groups excluding carboxylic acids is 2. The van der Waals surface area contributed by atoms with E-state index in [-0.39, 0.29) is 45.4 Å². The van der Waals surface area contributed by atoms with Gasteiger partial charge in [-0.3, -0.25) is 10.2 Å². The largest absolute Gasteiger partial charge is 0.390 e. The molecule has 0 aromatic heterocycles. The fraction of sp³-hybridized carbons (Fsp3) is 0.560. The number of urea groups is 1. The van der Waals surface area contributed by atoms with E-state index in [0.717, 1.165) is 44.6 Å². The summed E-state index contributed by atoms with van der Waals surface area (Å²) in [5.74, 6) is -1.40. The zero-order valence-corrected chi connectivity index (χ0v) is 21.0. The lowest BCUT2D eigenvalue weighted by molar-refractivity contribution is -0.615. The van der Waals surface area contributed by atoms with Gasteiger partial charge in [0.05, 0.1) is 36.0 Å². The second kappa shape index (κ2) is 9.19. The van der Waals surface area contributed by atoms with E-state index in [1.807, 2.05) is 19.2 Å². The molecule has 0 atom stereocenters. The number of hydrogen-bond donors (Lipinski definition) is 5. The molecule has 4 aliphatic rings. The molecule has 4 fully saturated rings. The Bertz CT molecular complexity index is 1070. The van der Waals surface area contributed by atoms with Crippen LogP contribution in [0.15, 0.2) is 29.5 Å². The number of quaternary nitrogens is 1. The van der Waals surface area contributed by atoms with Crippen LogP contribution in [0.1, 0.15) is 57.9 Å². The van der Waals surface area contributed by atoms with Crippen LogP contribution in [0, 0.1) is 16.6 Å². The average molecular weight is 507 g/mol. The van der Waals surface area contributed by atoms with Crippen molar-refractivity contribution < 1.29 is 24.4 Å². The third kappa shape index (κ3) is 4.81. The van der Waals surface area contributed by atoms with Gasteiger partial charge in [-0.25, -0.2) is 9.18 Å². The van der Waals surface area contributed by atoms with E-state index < -0.39 is 17.3 Å². The zero-order chi connectivity index (χ0) is 25.6. The van der Waals surface area contributed by atoms with Gasteiger partial charge in [0, 0.05) is 11.1 Å². The molecule has 0 unspecified atom stereocenters. The topological polar surface area (TPSA) is 136 Å². The standard InChI is InChI=1S/C25H33ClFN5O3/c1-23(2,35)24-5-8-25(9-6-24,10-7-24)31-22(34)32-12-11-30-18(14-32)19(21(29)33)20(28)15-3-4-17(27)16(26)13-15/h3-4,13,28,30,35H,5-12,14H2,1-2H3,(H2,29,33)(H,31,34)/p+1/b19-18+,28-20?. The van der Waals surface area contributed by atoms with Gasteiger partial charge in [-0.15, -0.1) is 0 Å². The van der Waals surface area contributed by atoms with Crippen LogP contribution in [-0.2, 0) is 4.79 Å². The second-order valence-corrected chi connectivity index (χ2v) is 11.1. The maximum Gasteiger partial charge on any atom is 0.318 e. The minimum Gasteiger partial charge on any atom is -0.390 e. The second-order valence-electron chi connectivity index (χ2n) is 10.7. The first-order valence-electron chi connectivity index (χ1n) is 12.1. The maximum absolute atomic E-state index is 13.6. The SMILES string of the molecule is CC(C)(O)C12CCC(NC(=O)N3CC[NH2+]/C(=C(\C(=N)c4ccc(F)c(Cl)c4)C(N)=O)C3)(CC1)CC2. The fourth-order valence-electron chi connectivity index (χ4n) is 5.93. The van der Waals surface area contributed by atoms with Crippen molar-refractivity contribution in [3.05, 3.63) is 45.9 Å². The Balaban J connectivity index is 1.50. The molecule has 1 aliphatic heterocycles. The summed E-state index contributed by atoms with van der Waals surface area (Å²) >= 11 is 5.86. The van der Waals surface area contributed by atoms with Gasteiger partial charge in [-0.1, -0.05) is 11.6 Å². The molecule has 3 saturated carbocycles. The summed E-state index contributed by atoms with van der Waals surface area (Å²) in [5, 5.41) is 24.2. The number of halogens is 2. The van der Waals surface area contributed by atoms with Crippen LogP contribution < -0.4 is 16.4 Å².